The molecule has 0 radical (unpaired) electrons. The predicted molar refractivity (Wildman–Crippen MR) is 61.6 cm³/mol. The maximum atomic E-state index is 11.4. The van der Waals surface area contributed by atoms with Crippen LogP contribution in [0.3, 0.4) is 0 Å². The minimum Gasteiger partial charge on any atom is -0.349 e. The van der Waals surface area contributed by atoms with Gasteiger partial charge in [-0.25, -0.2) is 0 Å². The van der Waals surface area contributed by atoms with Crippen molar-refractivity contribution < 1.29 is 4.79 Å². The smallest absolute Gasteiger partial charge is 0.226 e. The molecule has 1 aromatic rings. The van der Waals surface area contributed by atoms with Crippen molar-refractivity contribution in [2.24, 2.45) is 0 Å². The Balaban J connectivity index is 2.82. The first-order chi connectivity index (χ1) is 6.50. The Labute approximate surface area is 97.0 Å². The van der Waals surface area contributed by atoms with Crippen molar-refractivity contribution >= 4 is 33.4 Å². The van der Waals surface area contributed by atoms with Gasteiger partial charge in [-0.15, -0.1) is 0 Å². The van der Waals surface area contributed by atoms with E-state index in [1.54, 1.807) is 31.1 Å². The number of nitrogens with zero attached hydrogens (tertiary/aromatic N) is 1. The van der Waals surface area contributed by atoms with Gasteiger partial charge in [-0.05, 0) is 17.7 Å². The van der Waals surface area contributed by atoms with E-state index in [0.717, 1.165) is 10.0 Å². The maximum Gasteiger partial charge on any atom is 0.226 e. The van der Waals surface area contributed by atoms with Gasteiger partial charge in [-0.2, -0.15) is 0 Å². The number of carbonyl (C=O) groups excluding carboxylic acids is 1. The van der Waals surface area contributed by atoms with Crippen LogP contribution in [-0.4, -0.2) is 24.9 Å². The highest BCUT2D eigenvalue weighted by atomic mass is 79.9. The molecule has 0 aromatic heterocycles. The SMILES string of the molecule is CN(C)C(=O)Cc1ccc(Cl)cc1Br. The molecule has 0 spiro atoms. The van der Waals surface area contributed by atoms with Crippen LogP contribution in [0.5, 0.6) is 0 Å². The molecule has 0 fully saturated rings. The quantitative estimate of drug-likeness (QED) is 0.813. The molecule has 1 rings (SSSR count). The molecular formula is C10H11BrClNO. The third-order valence-corrected chi connectivity index (χ3v) is 2.83. The second-order valence-corrected chi connectivity index (χ2v) is 4.49. The van der Waals surface area contributed by atoms with E-state index in [-0.39, 0.29) is 5.91 Å². The van der Waals surface area contributed by atoms with E-state index in [0.29, 0.717) is 11.4 Å². The third-order valence-electron chi connectivity index (χ3n) is 1.86. The summed E-state index contributed by atoms with van der Waals surface area (Å²) < 4.78 is 0.875. The van der Waals surface area contributed by atoms with Crippen LogP contribution >= 0.6 is 27.5 Å². The number of amides is 1. The van der Waals surface area contributed by atoms with E-state index >= 15 is 0 Å². The van der Waals surface area contributed by atoms with Crippen LogP contribution in [0.25, 0.3) is 0 Å². The summed E-state index contributed by atoms with van der Waals surface area (Å²) in [6.45, 7) is 0. The van der Waals surface area contributed by atoms with Crippen LogP contribution in [-0.2, 0) is 11.2 Å². The Morgan fingerprint density at radius 2 is 2.14 bits per heavy atom. The fourth-order valence-corrected chi connectivity index (χ4v) is 1.81. The molecule has 0 heterocycles. The third kappa shape index (κ3) is 3.00. The van der Waals surface area contributed by atoms with E-state index in [1.165, 1.54) is 0 Å². The molecule has 1 amide bonds. The van der Waals surface area contributed by atoms with Crippen molar-refractivity contribution in [3.05, 3.63) is 33.3 Å². The van der Waals surface area contributed by atoms with Crippen LogP contribution in [0, 0.1) is 0 Å². The molecule has 0 saturated heterocycles. The van der Waals surface area contributed by atoms with Gasteiger partial charge in [0.25, 0.3) is 0 Å². The van der Waals surface area contributed by atoms with Crippen molar-refractivity contribution in [2.45, 2.75) is 6.42 Å². The Morgan fingerprint density at radius 1 is 1.50 bits per heavy atom. The molecule has 0 N–H and O–H groups in total. The summed E-state index contributed by atoms with van der Waals surface area (Å²) in [7, 11) is 3.48. The van der Waals surface area contributed by atoms with Crippen molar-refractivity contribution in [3.63, 3.8) is 0 Å². The zero-order chi connectivity index (χ0) is 10.7. The molecule has 0 aliphatic rings. The average molecular weight is 277 g/mol. The van der Waals surface area contributed by atoms with Crippen LogP contribution in [0.15, 0.2) is 22.7 Å². The minimum atomic E-state index is 0.0769. The van der Waals surface area contributed by atoms with Gasteiger partial charge in [0.05, 0.1) is 6.42 Å². The number of likely N-dealkylation sites (N-methyl/N-ethyl adjacent to an activating group) is 1. The van der Waals surface area contributed by atoms with Gasteiger partial charge in [0.1, 0.15) is 0 Å². The first kappa shape index (κ1) is 11.5. The van der Waals surface area contributed by atoms with Crippen LogP contribution < -0.4 is 0 Å². The van der Waals surface area contributed by atoms with Crippen molar-refractivity contribution in [1.82, 2.24) is 4.90 Å². The summed E-state index contributed by atoms with van der Waals surface area (Å²) in [4.78, 5) is 13.0. The molecule has 2 nitrogen and oxygen atoms in total. The van der Waals surface area contributed by atoms with Crippen LogP contribution in [0.4, 0.5) is 0 Å². The van der Waals surface area contributed by atoms with E-state index in [2.05, 4.69) is 15.9 Å². The highest BCUT2D eigenvalue weighted by molar-refractivity contribution is 9.10. The molecule has 0 aliphatic heterocycles. The summed E-state index contributed by atoms with van der Waals surface area (Å²) >= 11 is 9.16. The summed E-state index contributed by atoms with van der Waals surface area (Å²) in [5.41, 5.74) is 0.952. The molecule has 14 heavy (non-hydrogen) atoms. The largest absolute Gasteiger partial charge is 0.349 e. The van der Waals surface area contributed by atoms with Crippen LogP contribution in [0.1, 0.15) is 5.56 Å². The Morgan fingerprint density at radius 3 is 2.64 bits per heavy atom. The van der Waals surface area contributed by atoms with E-state index < -0.39 is 0 Å². The average Bonchev–Trinajstić information content (AvgIpc) is 2.09. The van der Waals surface area contributed by atoms with Gasteiger partial charge in [-0.1, -0.05) is 33.6 Å². The van der Waals surface area contributed by atoms with E-state index in [4.69, 9.17) is 11.6 Å². The number of benzene rings is 1. The van der Waals surface area contributed by atoms with Crippen LogP contribution in [0.2, 0.25) is 5.02 Å². The van der Waals surface area contributed by atoms with Crippen molar-refractivity contribution in [2.75, 3.05) is 14.1 Å². The molecule has 0 atom stereocenters. The molecule has 0 aliphatic carbocycles. The van der Waals surface area contributed by atoms with Crippen molar-refractivity contribution in [1.29, 1.82) is 0 Å². The maximum absolute atomic E-state index is 11.4. The fourth-order valence-electron chi connectivity index (χ4n) is 0.986. The minimum absolute atomic E-state index is 0.0769. The van der Waals surface area contributed by atoms with Gasteiger partial charge < -0.3 is 4.90 Å². The van der Waals surface area contributed by atoms with Gasteiger partial charge in [-0.3, -0.25) is 4.79 Å². The predicted octanol–water partition coefficient (Wildman–Crippen LogP) is 2.73. The van der Waals surface area contributed by atoms with Gasteiger partial charge in [0, 0.05) is 23.6 Å². The summed E-state index contributed by atoms with van der Waals surface area (Å²) in [5, 5.41) is 0.665. The standard InChI is InChI=1S/C10H11BrClNO/c1-13(2)10(14)5-7-3-4-8(12)6-9(7)11/h3-4,6H,5H2,1-2H3. The first-order valence-electron chi connectivity index (χ1n) is 4.15. The van der Waals surface area contributed by atoms with E-state index in [9.17, 15) is 4.79 Å². The lowest BCUT2D eigenvalue weighted by Gasteiger charge is -2.11. The summed E-state index contributed by atoms with van der Waals surface area (Å²) in [6, 6.07) is 5.43. The zero-order valence-corrected chi connectivity index (χ0v) is 10.4. The summed E-state index contributed by atoms with van der Waals surface area (Å²) in [6.07, 6.45) is 0.394. The second kappa shape index (κ2) is 4.80. The molecule has 4 heteroatoms. The highest BCUT2D eigenvalue weighted by Crippen LogP contribution is 2.22. The summed E-state index contributed by atoms with van der Waals surface area (Å²) in [5.74, 6) is 0.0769. The molecule has 0 saturated carbocycles. The molecule has 0 bridgehead atoms. The number of halogens is 2. The number of hydrogen-bond acceptors (Lipinski definition) is 1. The van der Waals surface area contributed by atoms with Crippen molar-refractivity contribution in [3.8, 4) is 0 Å². The monoisotopic (exact) mass is 275 g/mol. The highest BCUT2D eigenvalue weighted by Gasteiger charge is 2.08. The van der Waals surface area contributed by atoms with Gasteiger partial charge >= 0.3 is 0 Å². The Hall–Kier alpha value is -0.540. The number of rotatable bonds is 2. The second-order valence-electron chi connectivity index (χ2n) is 3.20. The first-order valence-corrected chi connectivity index (χ1v) is 5.32. The lowest BCUT2D eigenvalue weighted by molar-refractivity contribution is -0.127. The van der Waals surface area contributed by atoms with Gasteiger partial charge in [0.15, 0.2) is 0 Å². The Bertz CT molecular complexity index is 352. The Kier molecular flexibility index (Phi) is 3.96. The lowest BCUT2D eigenvalue weighted by Crippen LogP contribution is -2.23. The zero-order valence-electron chi connectivity index (χ0n) is 8.05. The number of carbonyl (C=O) groups is 1. The normalized spacial score (nSPS) is 10.0. The molecule has 0 unspecified atom stereocenters. The number of hydrogen-bond donors (Lipinski definition) is 0. The molecule has 1 aromatic carbocycles. The molecule has 76 valence electrons. The fraction of sp³-hybridized carbons (Fsp3) is 0.300. The molecular weight excluding hydrogens is 265 g/mol. The lowest BCUT2D eigenvalue weighted by atomic mass is 10.1. The topological polar surface area (TPSA) is 20.3 Å². The van der Waals surface area contributed by atoms with E-state index in [1.807, 2.05) is 6.07 Å². The van der Waals surface area contributed by atoms with Gasteiger partial charge in [0.2, 0.25) is 5.91 Å².